The van der Waals surface area contributed by atoms with Gasteiger partial charge in [0.1, 0.15) is 0 Å². The van der Waals surface area contributed by atoms with Crippen LogP contribution in [0.15, 0.2) is 12.1 Å². The van der Waals surface area contributed by atoms with E-state index in [9.17, 15) is 5.11 Å². The summed E-state index contributed by atoms with van der Waals surface area (Å²) in [5.74, 6) is 2.48. The summed E-state index contributed by atoms with van der Waals surface area (Å²) >= 11 is 0. The van der Waals surface area contributed by atoms with Gasteiger partial charge in [-0.3, -0.25) is 0 Å². The zero-order chi connectivity index (χ0) is 27.6. The Balaban J connectivity index is 1.64. The van der Waals surface area contributed by atoms with E-state index in [0.29, 0.717) is 41.0 Å². The zero-order valence-electron chi connectivity index (χ0n) is 26.2. The fourth-order valence-electron chi connectivity index (χ4n) is 8.83. The maximum absolute atomic E-state index is 12.6. The molecule has 3 saturated carbocycles. The molecule has 2 nitrogen and oxygen atoms in total. The average molecular weight is 510 g/mol. The summed E-state index contributed by atoms with van der Waals surface area (Å²) in [6.45, 7) is 27.1. The highest BCUT2D eigenvalue weighted by Crippen LogP contribution is 2.60. The first-order valence-corrected chi connectivity index (χ1v) is 15.6. The van der Waals surface area contributed by atoms with Gasteiger partial charge in [-0.25, -0.2) is 0 Å². The Morgan fingerprint density at radius 2 is 1.65 bits per heavy atom. The Hall–Kier alpha value is -0.860. The molecule has 0 aliphatic heterocycles. The van der Waals surface area contributed by atoms with Gasteiger partial charge < -0.3 is 10.4 Å². The van der Waals surface area contributed by atoms with Crippen molar-refractivity contribution in [1.82, 2.24) is 5.32 Å². The molecule has 3 fully saturated rings. The van der Waals surface area contributed by atoms with E-state index in [1.807, 2.05) is 0 Å². The molecule has 2 heteroatoms. The van der Waals surface area contributed by atoms with Crippen LogP contribution in [0.3, 0.4) is 0 Å². The third kappa shape index (κ3) is 5.32. The normalized spacial score (nSPS) is 38.7. The van der Waals surface area contributed by atoms with Crippen LogP contribution < -0.4 is 5.32 Å². The van der Waals surface area contributed by atoms with Crippen LogP contribution in [0.5, 0.6) is 0 Å². The second kappa shape index (κ2) is 9.96. The van der Waals surface area contributed by atoms with Crippen LogP contribution in [0.4, 0.5) is 0 Å². The van der Waals surface area contributed by atoms with E-state index in [0.717, 1.165) is 13.0 Å². The molecular formula is C35H59NO. The number of hydrogen-bond acceptors (Lipinski definition) is 2. The third-order valence-corrected chi connectivity index (χ3v) is 11.6. The van der Waals surface area contributed by atoms with Gasteiger partial charge in [0.15, 0.2) is 0 Å². The van der Waals surface area contributed by atoms with Crippen molar-refractivity contribution >= 4 is 0 Å². The molecule has 2 N–H and O–H groups in total. The van der Waals surface area contributed by atoms with Gasteiger partial charge in [-0.1, -0.05) is 87.8 Å². The van der Waals surface area contributed by atoms with E-state index in [1.165, 1.54) is 60.8 Å². The Labute approximate surface area is 229 Å². The maximum Gasteiger partial charge on any atom is 0.0738 e. The molecular weight excluding hydrogens is 450 g/mol. The van der Waals surface area contributed by atoms with E-state index in [-0.39, 0.29) is 10.8 Å². The summed E-state index contributed by atoms with van der Waals surface area (Å²) < 4.78 is 0. The molecule has 0 amide bonds. The van der Waals surface area contributed by atoms with E-state index in [2.05, 4.69) is 93.6 Å². The largest absolute Gasteiger partial charge is 0.389 e. The van der Waals surface area contributed by atoms with Crippen LogP contribution in [-0.4, -0.2) is 16.7 Å². The molecule has 3 aliphatic carbocycles. The molecule has 37 heavy (non-hydrogen) atoms. The Kier molecular flexibility index (Phi) is 7.84. The standard InChI is InChI=1S/C35H59NO/c1-12-34(11)16-15-28-22(2)13-14-29-24(4)31(19-26(20-34)35(28,29)37)36-21-27-23(3)17-25(32(5,6)7)18-30(27)33(8,9)10/h17-18,22,24,26,28-29,31,36-37H,12-16,19-21H2,1-11H3/t22-,24?,26-,28+,29?,31?,34-,35-/m1/s1. The molecule has 0 heterocycles. The van der Waals surface area contributed by atoms with Crippen molar-refractivity contribution in [3.63, 3.8) is 0 Å². The molecule has 1 aromatic carbocycles. The Morgan fingerprint density at radius 3 is 2.24 bits per heavy atom. The fourth-order valence-corrected chi connectivity index (χ4v) is 8.83. The minimum Gasteiger partial charge on any atom is -0.389 e. The highest BCUT2D eigenvalue weighted by Gasteiger charge is 2.60. The molecule has 0 spiro atoms. The first kappa shape index (κ1) is 29.1. The van der Waals surface area contributed by atoms with Gasteiger partial charge in [0.2, 0.25) is 0 Å². The highest BCUT2D eigenvalue weighted by atomic mass is 16.3. The fraction of sp³-hybridized carbons (Fsp3) is 0.829. The summed E-state index contributed by atoms with van der Waals surface area (Å²) in [7, 11) is 0. The topological polar surface area (TPSA) is 32.3 Å². The number of aliphatic hydroxyl groups is 1. The van der Waals surface area contributed by atoms with Crippen molar-refractivity contribution < 1.29 is 5.11 Å². The number of rotatable bonds is 4. The van der Waals surface area contributed by atoms with Gasteiger partial charge in [0.25, 0.3) is 0 Å². The second-order valence-electron chi connectivity index (χ2n) is 16.2. The molecule has 0 radical (unpaired) electrons. The van der Waals surface area contributed by atoms with Gasteiger partial charge in [-0.2, -0.15) is 0 Å². The predicted molar refractivity (Wildman–Crippen MR) is 159 cm³/mol. The van der Waals surface area contributed by atoms with Gasteiger partial charge in [-0.15, -0.1) is 0 Å². The van der Waals surface area contributed by atoms with Crippen molar-refractivity contribution in [3.8, 4) is 0 Å². The van der Waals surface area contributed by atoms with Gasteiger partial charge in [0, 0.05) is 12.6 Å². The Bertz CT molecular complexity index is 967. The molecule has 3 unspecified atom stereocenters. The molecule has 3 aliphatic rings. The molecule has 0 bridgehead atoms. The summed E-state index contributed by atoms with van der Waals surface area (Å²) in [6.07, 6.45) is 8.52. The summed E-state index contributed by atoms with van der Waals surface area (Å²) in [5.41, 5.74) is 6.00. The van der Waals surface area contributed by atoms with Crippen LogP contribution in [0.25, 0.3) is 0 Å². The number of nitrogens with one attached hydrogen (secondary N) is 1. The zero-order valence-corrected chi connectivity index (χ0v) is 26.2. The van der Waals surface area contributed by atoms with Crippen molar-refractivity contribution in [1.29, 1.82) is 0 Å². The molecule has 210 valence electrons. The molecule has 0 saturated heterocycles. The molecule has 4 rings (SSSR count). The Morgan fingerprint density at radius 1 is 0.973 bits per heavy atom. The lowest BCUT2D eigenvalue weighted by molar-refractivity contribution is -0.193. The van der Waals surface area contributed by atoms with Crippen LogP contribution >= 0.6 is 0 Å². The quantitative estimate of drug-likeness (QED) is 0.425. The van der Waals surface area contributed by atoms with Crippen LogP contribution in [0.1, 0.15) is 136 Å². The van der Waals surface area contributed by atoms with Gasteiger partial charge >= 0.3 is 0 Å². The summed E-state index contributed by atoms with van der Waals surface area (Å²) in [4.78, 5) is 0. The van der Waals surface area contributed by atoms with Gasteiger partial charge in [0.05, 0.1) is 5.60 Å². The first-order chi connectivity index (χ1) is 17.0. The monoisotopic (exact) mass is 509 g/mol. The van der Waals surface area contributed by atoms with Crippen molar-refractivity contribution in [2.24, 2.45) is 35.0 Å². The van der Waals surface area contributed by atoms with E-state index >= 15 is 0 Å². The smallest absolute Gasteiger partial charge is 0.0738 e. The van der Waals surface area contributed by atoms with Crippen molar-refractivity contribution in [2.45, 2.75) is 150 Å². The van der Waals surface area contributed by atoms with Crippen LogP contribution in [-0.2, 0) is 17.4 Å². The lowest BCUT2D eigenvalue weighted by Crippen LogP contribution is -2.64. The lowest BCUT2D eigenvalue weighted by atomic mass is 9.50. The third-order valence-electron chi connectivity index (χ3n) is 11.6. The van der Waals surface area contributed by atoms with Crippen molar-refractivity contribution in [2.75, 3.05) is 0 Å². The highest BCUT2D eigenvalue weighted by molar-refractivity contribution is 5.44. The number of aryl methyl sites for hydroxylation is 1. The number of benzene rings is 1. The van der Waals surface area contributed by atoms with Crippen LogP contribution in [0.2, 0.25) is 0 Å². The van der Waals surface area contributed by atoms with E-state index < -0.39 is 5.60 Å². The first-order valence-electron chi connectivity index (χ1n) is 15.6. The maximum atomic E-state index is 12.6. The molecule has 1 aromatic rings. The second-order valence-corrected chi connectivity index (χ2v) is 16.2. The van der Waals surface area contributed by atoms with E-state index in [1.54, 1.807) is 0 Å². The minimum absolute atomic E-state index is 0.110. The van der Waals surface area contributed by atoms with Gasteiger partial charge in [-0.05, 0) is 114 Å². The molecule has 8 atom stereocenters. The summed E-state index contributed by atoms with van der Waals surface area (Å²) in [6, 6.07) is 5.39. The lowest BCUT2D eigenvalue weighted by Gasteiger charge is -2.59. The van der Waals surface area contributed by atoms with E-state index in [4.69, 9.17) is 0 Å². The SMILES string of the molecule is CC[C@]1(C)CC[C@H]2[C@H](C)CCC3C(C)C(NCc4c(C)cc(C(C)(C)C)cc4C(C)(C)C)C[C@H](C1)[C@]32O. The van der Waals surface area contributed by atoms with Crippen LogP contribution in [0, 0.1) is 41.9 Å². The predicted octanol–water partition coefficient (Wildman–Crippen LogP) is 8.70. The van der Waals surface area contributed by atoms with Crippen molar-refractivity contribution in [3.05, 3.63) is 34.4 Å². The average Bonchev–Trinajstić information content (AvgIpc) is 2.90. The number of hydrogen-bond donors (Lipinski definition) is 2. The molecule has 0 aromatic heterocycles. The summed E-state index contributed by atoms with van der Waals surface area (Å²) in [5, 5.41) is 16.7. The minimum atomic E-state index is -0.469.